The lowest BCUT2D eigenvalue weighted by Gasteiger charge is -2.10. The molecule has 0 spiro atoms. The Bertz CT molecular complexity index is 335. The molecule has 1 aliphatic rings. The SMILES string of the molecule is CCc1nc(N)nc2c1CCCCN2. The molecule has 0 amide bonds. The van der Waals surface area contributed by atoms with Crippen molar-refractivity contribution in [2.24, 2.45) is 0 Å². The van der Waals surface area contributed by atoms with Crippen LogP contribution in [-0.4, -0.2) is 16.5 Å². The lowest BCUT2D eigenvalue weighted by atomic mass is 10.1. The predicted molar refractivity (Wildman–Crippen MR) is 57.3 cm³/mol. The summed E-state index contributed by atoms with van der Waals surface area (Å²) in [5.41, 5.74) is 8.01. The van der Waals surface area contributed by atoms with Crippen LogP contribution in [0.15, 0.2) is 0 Å². The summed E-state index contributed by atoms with van der Waals surface area (Å²) in [4.78, 5) is 8.51. The quantitative estimate of drug-likeness (QED) is 0.705. The van der Waals surface area contributed by atoms with E-state index in [2.05, 4.69) is 22.2 Å². The average Bonchev–Trinajstić information content (AvgIpc) is 2.41. The van der Waals surface area contributed by atoms with E-state index in [1.165, 1.54) is 18.4 Å². The van der Waals surface area contributed by atoms with Gasteiger partial charge in [-0.2, -0.15) is 4.98 Å². The van der Waals surface area contributed by atoms with E-state index in [1.54, 1.807) is 0 Å². The fourth-order valence-corrected chi connectivity index (χ4v) is 1.88. The van der Waals surface area contributed by atoms with Gasteiger partial charge in [-0.25, -0.2) is 4.98 Å². The highest BCUT2D eigenvalue weighted by Crippen LogP contribution is 2.23. The second kappa shape index (κ2) is 3.82. The Hall–Kier alpha value is -1.32. The van der Waals surface area contributed by atoms with Crippen molar-refractivity contribution >= 4 is 11.8 Å². The van der Waals surface area contributed by atoms with Crippen molar-refractivity contribution in [2.75, 3.05) is 17.6 Å². The van der Waals surface area contributed by atoms with E-state index in [0.29, 0.717) is 5.95 Å². The van der Waals surface area contributed by atoms with Crippen LogP contribution in [-0.2, 0) is 12.8 Å². The molecule has 0 saturated carbocycles. The molecule has 0 bridgehead atoms. The number of anilines is 2. The molecule has 3 N–H and O–H groups in total. The van der Waals surface area contributed by atoms with Crippen molar-refractivity contribution in [3.63, 3.8) is 0 Å². The van der Waals surface area contributed by atoms with Crippen LogP contribution in [0.3, 0.4) is 0 Å². The van der Waals surface area contributed by atoms with Crippen LogP contribution in [0, 0.1) is 0 Å². The van der Waals surface area contributed by atoms with Gasteiger partial charge in [0, 0.05) is 12.1 Å². The number of aromatic nitrogens is 2. The number of nitrogens with zero attached hydrogens (tertiary/aromatic N) is 2. The van der Waals surface area contributed by atoms with Crippen molar-refractivity contribution in [3.05, 3.63) is 11.3 Å². The molecule has 1 aliphatic heterocycles. The predicted octanol–water partition coefficient (Wildman–Crippen LogP) is 1.37. The maximum Gasteiger partial charge on any atom is 0.222 e. The van der Waals surface area contributed by atoms with Crippen molar-refractivity contribution < 1.29 is 0 Å². The lowest BCUT2D eigenvalue weighted by molar-refractivity contribution is 0.776. The monoisotopic (exact) mass is 192 g/mol. The largest absolute Gasteiger partial charge is 0.370 e. The Morgan fingerprint density at radius 1 is 1.36 bits per heavy atom. The van der Waals surface area contributed by atoms with E-state index in [4.69, 9.17) is 5.73 Å². The van der Waals surface area contributed by atoms with Gasteiger partial charge < -0.3 is 11.1 Å². The van der Waals surface area contributed by atoms with E-state index in [0.717, 1.165) is 30.9 Å². The summed E-state index contributed by atoms with van der Waals surface area (Å²) in [5.74, 6) is 1.34. The maximum absolute atomic E-state index is 5.65. The molecule has 76 valence electrons. The molecule has 0 atom stereocenters. The Morgan fingerprint density at radius 2 is 2.21 bits per heavy atom. The van der Waals surface area contributed by atoms with Crippen LogP contribution in [0.2, 0.25) is 0 Å². The molecule has 1 aromatic heterocycles. The molecule has 2 heterocycles. The highest BCUT2D eigenvalue weighted by Gasteiger charge is 2.14. The van der Waals surface area contributed by atoms with Gasteiger partial charge in [-0.05, 0) is 25.7 Å². The van der Waals surface area contributed by atoms with Crippen LogP contribution < -0.4 is 11.1 Å². The average molecular weight is 192 g/mol. The summed E-state index contributed by atoms with van der Waals surface area (Å²) >= 11 is 0. The van der Waals surface area contributed by atoms with Gasteiger partial charge in [-0.3, -0.25) is 0 Å². The zero-order chi connectivity index (χ0) is 9.97. The van der Waals surface area contributed by atoms with Crippen LogP contribution in [0.4, 0.5) is 11.8 Å². The molecular formula is C10H16N4. The van der Waals surface area contributed by atoms with Gasteiger partial charge in [0.05, 0.1) is 5.69 Å². The summed E-state index contributed by atoms with van der Waals surface area (Å²) in [6.07, 6.45) is 4.40. The number of nitrogens with one attached hydrogen (secondary N) is 1. The summed E-state index contributed by atoms with van der Waals surface area (Å²) in [5, 5.41) is 3.31. The van der Waals surface area contributed by atoms with Gasteiger partial charge in [0.1, 0.15) is 5.82 Å². The molecule has 0 aliphatic carbocycles. The second-order valence-electron chi connectivity index (χ2n) is 3.59. The third-order valence-electron chi connectivity index (χ3n) is 2.59. The summed E-state index contributed by atoms with van der Waals surface area (Å²) < 4.78 is 0. The first-order valence-corrected chi connectivity index (χ1v) is 5.20. The Balaban J connectivity index is 2.46. The second-order valence-corrected chi connectivity index (χ2v) is 3.59. The van der Waals surface area contributed by atoms with E-state index in [-0.39, 0.29) is 0 Å². The first-order chi connectivity index (χ1) is 6.81. The molecule has 14 heavy (non-hydrogen) atoms. The Morgan fingerprint density at radius 3 is 3.00 bits per heavy atom. The molecule has 0 saturated heterocycles. The highest BCUT2D eigenvalue weighted by atomic mass is 15.1. The molecule has 2 rings (SSSR count). The molecule has 0 fully saturated rings. The molecule has 4 heteroatoms. The smallest absolute Gasteiger partial charge is 0.222 e. The normalized spacial score (nSPS) is 15.5. The van der Waals surface area contributed by atoms with Crippen molar-refractivity contribution in [1.29, 1.82) is 0 Å². The maximum atomic E-state index is 5.65. The first-order valence-electron chi connectivity index (χ1n) is 5.20. The molecule has 0 radical (unpaired) electrons. The zero-order valence-electron chi connectivity index (χ0n) is 8.51. The van der Waals surface area contributed by atoms with Gasteiger partial charge >= 0.3 is 0 Å². The minimum Gasteiger partial charge on any atom is -0.370 e. The van der Waals surface area contributed by atoms with Crippen LogP contribution in [0.5, 0.6) is 0 Å². The summed E-state index contributed by atoms with van der Waals surface area (Å²) in [6.45, 7) is 3.10. The Kier molecular flexibility index (Phi) is 2.52. The van der Waals surface area contributed by atoms with E-state index in [9.17, 15) is 0 Å². The third-order valence-corrected chi connectivity index (χ3v) is 2.59. The minimum absolute atomic E-state index is 0.384. The van der Waals surface area contributed by atoms with Gasteiger partial charge in [0.2, 0.25) is 5.95 Å². The number of fused-ring (bicyclic) bond motifs is 1. The van der Waals surface area contributed by atoms with E-state index >= 15 is 0 Å². The molecule has 0 aromatic carbocycles. The number of nitrogen functional groups attached to an aromatic ring is 1. The number of aryl methyl sites for hydroxylation is 1. The number of rotatable bonds is 1. The fourth-order valence-electron chi connectivity index (χ4n) is 1.88. The first kappa shape index (κ1) is 9.24. The van der Waals surface area contributed by atoms with Gasteiger partial charge in [-0.1, -0.05) is 6.92 Å². The van der Waals surface area contributed by atoms with Crippen LogP contribution in [0.1, 0.15) is 31.0 Å². The number of nitrogens with two attached hydrogens (primary N) is 1. The minimum atomic E-state index is 0.384. The number of hydrogen-bond acceptors (Lipinski definition) is 4. The lowest BCUT2D eigenvalue weighted by Crippen LogP contribution is -2.09. The molecule has 4 nitrogen and oxygen atoms in total. The molecule has 1 aromatic rings. The van der Waals surface area contributed by atoms with Crippen LogP contribution >= 0.6 is 0 Å². The third kappa shape index (κ3) is 1.64. The fraction of sp³-hybridized carbons (Fsp3) is 0.600. The van der Waals surface area contributed by atoms with Crippen molar-refractivity contribution in [2.45, 2.75) is 32.6 Å². The summed E-state index contributed by atoms with van der Waals surface area (Å²) in [7, 11) is 0. The highest BCUT2D eigenvalue weighted by molar-refractivity contribution is 5.50. The van der Waals surface area contributed by atoms with E-state index < -0.39 is 0 Å². The van der Waals surface area contributed by atoms with Crippen molar-refractivity contribution in [1.82, 2.24) is 9.97 Å². The molecular weight excluding hydrogens is 176 g/mol. The van der Waals surface area contributed by atoms with E-state index in [1.807, 2.05) is 0 Å². The van der Waals surface area contributed by atoms with Gasteiger partial charge in [-0.15, -0.1) is 0 Å². The van der Waals surface area contributed by atoms with Crippen LogP contribution in [0.25, 0.3) is 0 Å². The topological polar surface area (TPSA) is 63.8 Å². The molecule has 0 unspecified atom stereocenters. The summed E-state index contributed by atoms with van der Waals surface area (Å²) in [6, 6.07) is 0. The standard InChI is InChI=1S/C10H16N4/c1-2-8-7-5-3-4-6-12-9(7)14-10(11)13-8/h2-6H2,1H3,(H3,11,12,13,14). The van der Waals surface area contributed by atoms with Crippen molar-refractivity contribution in [3.8, 4) is 0 Å². The Labute approximate surface area is 83.9 Å². The number of hydrogen-bond donors (Lipinski definition) is 2. The van der Waals surface area contributed by atoms with Gasteiger partial charge in [0.25, 0.3) is 0 Å². The van der Waals surface area contributed by atoms with Gasteiger partial charge in [0.15, 0.2) is 0 Å². The zero-order valence-corrected chi connectivity index (χ0v) is 8.51.